The van der Waals surface area contributed by atoms with Crippen molar-refractivity contribution < 1.29 is 13.9 Å². The number of nitrogens with two attached hydrogens (primary N) is 1. The number of ether oxygens (including phenoxy) is 1. The second-order valence-corrected chi connectivity index (χ2v) is 12.2. The van der Waals surface area contributed by atoms with E-state index in [1.807, 2.05) is 62.1 Å². The summed E-state index contributed by atoms with van der Waals surface area (Å²) < 4.78 is 19.5. The number of benzene rings is 3. The number of nitrogens with zero attached hydrogens (tertiary/aromatic N) is 2. The van der Waals surface area contributed by atoms with Crippen LogP contribution in [0, 0.1) is 43.3 Å². The highest BCUT2D eigenvalue weighted by atomic mass is 35.5. The minimum atomic E-state index is -0.604. The molecule has 210 valence electrons. The lowest BCUT2D eigenvalue weighted by Gasteiger charge is -2.44. The first kappa shape index (κ1) is 28.4. The van der Waals surface area contributed by atoms with Crippen molar-refractivity contribution in [1.82, 2.24) is 0 Å². The van der Waals surface area contributed by atoms with Gasteiger partial charge in [-0.3, -0.25) is 9.69 Å². The molecule has 5 rings (SSSR count). The van der Waals surface area contributed by atoms with Gasteiger partial charge in [-0.15, -0.1) is 0 Å². The lowest BCUT2D eigenvalue weighted by atomic mass is 9.68. The van der Waals surface area contributed by atoms with Crippen molar-refractivity contribution >= 4 is 23.1 Å². The van der Waals surface area contributed by atoms with E-state index in [-0.39, 0.29) is 22.8 Å². The molecule has 1 atom stereocenters. The molecule has 7 heteroatoms. The molecule has 1 aliphatic carbocycles. The van der Waals surface area contributed by atoms with Gasteiger partial charge in [0.2, 0.25) is 0 Å². The molecule has 1 heterocycles. The molecule has 3 aromatic carbocycles. The Kier molecular flexibility index (Phi) is 7.44. The van der Waals surface area contributed by atoms with E-state index >= 15 is 0 Å². The fourth-order valence-electron chi connectivity index (χ4n) is 6.04. The van der Waals surface area contributed by atoms with Gasteiger partial charge in [0.05, 0.1) is 28.3 Å². The zero-order chi connectivity index (χ0) is 29.6. The average Bonchev–Trinajstić information content (AvgIpc) is 2.89. The smallest absolute Gasteiger partial charge is 0.162 e. The molecule has 0 bridgehead atoms. The summed E-state index contributed by atoms with van der Waals surface area (Å²) in [6, 6.07) is 18.3. The first-order valence-corrected chi connectivity index (χ1v) is 14.0. The standard InChI is InChI=1S/C34H33ClFN3O2/c1-19-8-6-7-9-27(19)39-28-15-34(4,5)16-29(40)32(28)31(25(17-37)33(39)38)24-13-22(20(2)12-21(24)3)18-41-30-11-10-23(36)14-26(30)35/h6-14,31H,15-16,18,38H2,1-5H3. The molecule has 2 aliphatic rings. The van der Waals surface area contributed by atoms with Gasteiger partial charge < -0.3 is 10.5 Å². The molecule has 0 saturated heterocycles. The predicted octanol–water partition coefficient (Wildman–Crippen LogP) is 7.92. The van der Waals surface area contributed by atoms with Gasteiger partial charge in [-0.2, -0.15) is 5.26 Å². The van der Waals surface area contributed by atoms with E-state index in [0.717, 1.165) is 39.2 Å². The van der Waals surface area contributed by atoms with E-state index in [1.165, 1.54) is 18.2 Å². The van der Waals surface area contributed by atoms with Gasteiger partial charge in [0.25, 0.3) is 0 Å². The number of rotatable bonds is 5. The summed E-state index contributed by atoms with van der Waals surface area (Å²) in [5, 5.41) is 10.7. The Morgan fingerprint density at radius 1 is 1.07 bits per heavy atom. The summed E-state index contributed by atoms with van der Waals surface area (Å²) in [6.45, 7) is 10.3. The Morgan fingerprint density at radius 3 is 2.49 bits per heavy atom. The zero-order valence-corrected chi connectivity index (χ0v) is 24.7. The number of anilines is 1. The van der Waals surface area contributed by atoms with Crippen LogP contribution in [0.25, 0.3) is 0 Å². The van der Waals surface area contributed by atoms with Gasteiger partial charge >= 0.3 is 0 Å². The molecule has 0 saturated carbocycles. The molecule has 1 aliphatic heterocycles. The van der Waals surface area contributed by atoms with E-state index in [1.54, 1.807) is 0 Å². The topological polar surface area (TPSA) is 79.4 Å². The van der Waals surface area contributed by atoms with Crippen molar-refractivity contribution in [3.63, 3.8) is 0 Å². The van der Waals surface area contributed by atoms with Crippen LogP contribution in [-0.2, 0) is 11.4 Å². The van der Waals surface area contributed by atoms with Crippen LogP contribution in [0.5, 0.6) is 5.75 Å². The Balaban J connectivity index is 1.66. The fourth-order valence-corrected chi connectivity index (χ4v) is 6.26. The Bertz CT molecular complexity index is 1680. The molecule has 3 aromatic rings. The number of para-hydroxylation sites is 1. The zero-order valence-electron chi connectivity index (χ0n) is 23.9. The van der Waals surface area contributed by atoms with Crippen LogP contribution in [0.4, 0.5) is 10.1 Å². The van der Waals surface area contributed by atoms with E-state index in [0.29, 0.717) is 35.6 Å². The number of aryl methyl sites for hydroxylation is 3. The van der Waals surface area contributed by atoms with Gasteiger partial charge in [0, 0.05) is 17.7 Å². The molecule has 0 spiro atoms. The molecule has 5 nitrogen and oxygen atoms in total. The average molecular weight is 570 g/mol. The summed E-state index contributed by atoms with van der Waals surface area (Å²) in [4.78, 5) is 15.9. The minimum Gasteiger partial charge on any atom is -0.487 e. The highest BCUT2D eigenvalue weighted by Crippen LogP contribution is 2.51. The molecular weight excluding hydrogens is 537 g/mol. The van der Waals surface area contributed by atoms with Crippen LogP contribution in [0.3, 0.4) is 0 Å². The van der Waals surface area contributed by atoms with E-state index in [9.17, 15) is 14.4 Å². The molecule has 0 amide bonds. The lowest BCUT2D eigenvalue weighted by molar-refractivity contribution is -0.118. The Hall–Kier alpha value is -4.08. The molecular formula is C34H33ClFN3O2. The van der Waals surface area contributed by atoms with Crippen molar-refractivity contribution in [2.45, 2.75) is 60.0 Å². The van der Waals surface area contributed by atoms with E-state index in [4.69, 9.17) is 22.1 Å². The van der Waals surface area contributed by atoms with Crippen LogP contribution >= 0.6 is 11.6 Å². The summed E-state index contributed by atoms with van der Waals surface area (Å²) in [6.07, 6.45) is 1.02. The lowest BCUT2D eigenvalue weighted by Crippen LogP contribution is -2.42. The number of Topliss-reactive ketones (excluding diaryl/α,β-unsaturated/α-hetero) is 1. The maximum atomic E-state index is 14.0. The highest BCUT2D eigenvalue weighted by Gasteiger charge is 2.45. The molecule has 2 N–H and O–H groups in total. The Morgan fingerprint density at radius 2 is 1.80 bits per heavy atom. The van der Waals surface area contributed by atoms with Gasteiger partial charge in [-0.1, -0.05) is 55.8 Å². The number of halogens is 2. The van der Waals surface area contributed by atoms with Crippen LogP contribution in [0.2, 0.25) is 5.02 Å². The Labute approximate surface area is 245 Å². The molecule has 1 unspecified atom stereocenters. The third-order valence-corrected chi connectivity index (χ3v) is 8.35. The number of hydrogen-bond acceptors (Lipinski definition) is 5. The van der Waals surface area contributed by atoms with Crippen LogP contribution in [-0.4, -0.2) is 5.78 Å². The van der Waals surface area contributed by atoms with Crippen molar-refractivity contribution in [3.8, 4) is 11.8 Å². The van der Waals surface area contributed by atoms with Gasteiger partial charge in [0.15, 0.2) is 5.78 Å². The molecule has 41 heavy (non-hydrogen) atoms. The number of allylic oxidation sites excluding steroid dienone is 3. The third-order valence-electron chi connectivity index (χ3n) is 8.05. The number of carbonyl (C=O) groups is 1. The second kappa shape index (κ2) is 10.7. The largest absolute Gasteiger partial charge is 0.487 e. The quantitative estimate of drug-likeness (QED) is 0.337. The monoisotopic (exact) mass is 569 g/mol. The van der Waals surface area contributed by atoms with Crippen LogP contribution in [0.1, 0.15) is 60.4 Å². The van der Waals surface area contributed by atoms with Crippen molar-refractivity contribution in [3.05, 3.63) is 116 Å². The van der Waals surface area contributed by atoms with Crippen LogP contribution in [0.15, 0.2) is 77.3 Å². The molecule has 0 radical (unpaired) electrons. The maximum Gasteiger partial charge on any atom is 0.162 e. The van der Waals surface area contributed by atoms with E-state index < -0.39 is 11.7 Å². The minimum absolute atomic E-state index is 0.0240. The maximum absolute atomic E-state index is 14.0. The van der Waals surface area contributed by atoms with Gasteiger partial charge in [0.1, 0.15) is 24.0 Å². The van der Waals surface area contributed by atoms with Gasteiger partial charge in [-0.25, -0.2) is 4.39 Å². The second-order valence-electron chi connectivity index (χ2n) is 11.8. The van der Waals surface area contributed by atoms with Gasteiger partial charge in [-0.05, 0) is 84.7 Å². The first-order valence-electron chi connectivity index (χ1n) is 13.6. The molecule has 0 aromatic heterocycles. The molecule has 0 fully saturated rings. The highest BCUT2D eigenvalue weighted by molar-refractivity contribution is 6.32. The number of hydrogen-bond donors (Lipinski definition) is 1. The summed E-state index contributed by atoms with van der Waals surface area (Å²) in [7, 11) is 0. The number of nitriles is 1. The summed E-state index contributed by atoms with van der Waals surface area (Å²) >= 11 is 6.19. The first-order chi connectivity index (χ1) is 19.4. The van der Waals surface area contributed by atoms with Crippen molar-refractivity contribution in [2.24, 2.45) is 11.1 Å². The summed E-state index contributed by atoms with van der Waals surface area (Å²) in [5.41, 5.74) is 13.9. The van der Waals surface area contributed by atoms with E-state index in [2.05, 4.69) is 19.9 Å². The fraction of sp³-hybridized carbons (Fsp3) is 0.294. The SMILES string of the molecule is Cc1cc(C)c(C2C(C#N)=C(N)N(c3ccccc3C)C3=C2C(=O)CC(C)(C)C3)cc1COc1ccc(F)cc1Cl. The number of ketones is 1. The predicted molar refractivity (Wildman–Crippen MR) is 160 cm³/mol. The summed E-state index contributed by atoms with van der Waals surface area (Å²) in [5.74, 6) is -0.306. The van der Waals surface area contributed by atoms with Crippen LogP contribution < -0.4 is 15.4 Å². The normalized spacial score (nSPS) is 18.3. The van der Waals surface area contributed by atoms with Crippen molar-refractivity contribution in [1.29, 1.82) is 5.26 Å². The van der Waals surface area contributed by atoms with Crippen molar-refractivity contribution in [2.75, 3.05) is 4.90 Å². The third kappa shape index (κ3) is 5.23. The number of carbonyl (C=O) groups excluding carboxylic acids is 1.